The molecular weight excluding hydrogens is 242 g/mol. The number of hydrogen-bond donors (Lipinski definition) is 2. The molecule has 0 fully saturated rings. The number of aliphatic hydroxyl groups is 1. The number of nitrogens with two attached hydrogens (primary N) is 1. The first-order valence-corrected chi connectivity index (χ1v) is 6.43. The molecule has 0 saturated carbocycles. The maximum absolute atomic E-state index is 8.81. The van der Waals surface area contributed by atoms with Gasteiger partial charge in [-0.3, -0.25) is 0 Å². The van der Waals surface area contributed by atoms with Crippen molar-refractivity contribution in [3.8, 4) is 0 Å². The second-order valence-corrected chi connectivity index (χ2v) is 4.69. The van der Waals surface area contributed by atoms with Crippen molar-refractivity contribution >= 4 is 17.6 Å². The van der Waals surface area contributed by atoms with E-state index in [2.05, 4.69) is 6.58 Å². The second kappa shape index (κ2) is 8.84. The van der Waals surface area contributed by atoms with E-state index in [0.29, 0.717) is 12.8 Å². The minimum absolute atomic E-state index is 0.122. The molecule has 0 bridgehead atoms. The quantitative estimate of drug-likeness (QED) is 0.321. The first kappa shape index (κ1) is 16.8. The molecule has 0 saturated heterocycles. The van der Waals surface area contributed by atoms with Crippen LogP contribution in [0.4, 0.5) is 0 Å². The summed E-state index contributed by atoms with van der Waals surface area (Å²) in [5.41, 5.74) is 11.1. The Balaban J connectivity index is 4.85. The van der Waals surface area contributed by atoms with Gasteiger partial charge >= 0.3 is 0 Å². The Kier molecular flexibility index (Phi) is 8.25. The lowest BCUT2D eigenvalue weighted by molar-refractivity contribution is 0.298. The van der Waals surface area contributed by atoms with Gasteiger partial charge in [0.05, 0.1) is 0 Å². The predicted octanol–water partition coefficient (Wildman–Crippen LogP) is 3.44. The molecule has 0 aromatic heterocycles. The van der Waals surface area contributed by atoms with Crippen molar-refractivity contribution in [3.63, 3.8) is 0 Å². The molecule has 0 spiro atoms. The molecule has 100 valence electrons. The molecule has 0 atom stereocenters. The monoisotopic (exact) mass is 265 g/mol. The third-order valence-corrected chi connectivity index (χ3v) is 2.92. The third-order valence-electron chi connectivity index (χ3n) is 2.79. The summed E-state index contributed by atoms with van der Waals surface area (Å²) in [6.07, 6.45) is 5.17. The molecule has 0 aromatic carbocycles. The van der Waals surface area contributed by atoms with Gasteiger partial charge in [0.2, 0.25) is 0 Å². The van der Waals surface area contributed by atoms with Crippen molar-refractivity contribution in [3.05, 3.63) is 46.7 Å². The summed E-state index contributed by atoms with van der Waals surface area (Å²) in [7, 11) is 0. The Morgan fingerprint density at radius 3 is 2.39 bits per heavy atom. The lowest BCUT2D eigenvalue weighted by Crippen LogP contribution is -2.02. The van der Waals surface area contributed by atoms with E-state index in [9.17, 15) is 0 Å². The van der Waals surface area contributed by atoms with Crippen molar-refractivity contribution < 1.29 is 5.11 Å². The van der Waals surface area contributed by atoms with Gasteiger partial charge in [0.15, 0.2) is 0 Å². The van der Waals surface area contributed by atoms with Gasteiger partial charge in [-0.2, -0.15) is 0 Å². The van der Waals surface area contributed by atoms with Crippen molar-refractivity contribution in [2.75, 3.05) is 6.61 Å². The van der Waals surface area contributed by atoms with Crippen LogP contribution < -0.4 is 5.73 Å². The Hall–Kier alpha value is -1.19. The molecule has 0 aliphatic heterocycles. The van der Waals surface area contributed by atoms with Crippen LogP contribution in [0.25, 0.3) is 0 Å². The van der Waals surface area contributed by atoms with Gasteiger partial charge in [0.1, 0.15) is 0 Å². The van der Waals surface area contributed by atoms with E-state index < -0.39 is 0 Å². The molecule has 0 aliphatic rings. The third kappa shape index (κ3) is 6.52. The van der Waals surface area contributed by atoms with E-state index in [1.54, 1.807) is 5.37 Å². The van der Waals surface area contributed by atoms with Crippen molar-refractivity contribution in [1.82, 2.24) is 0 Å². The summed E-state index contributed by atoms with van der Waals surface area (Å²) in [4.78, 5) is 0. The van der Waals surface area contributed by atoms with Gasteiger partial charge in [-0.05, 0) is 50.0 Å². The molecule has 0 amide bonds. The summed E-state index contributed by atoms with van der Waals surface area (Å²) in [5, 5.41) is 10.4. The van der Waals surface area contributed by atoms with Gasteiger partial charge in [-0.15, -0.1) is 0 Å². The fourth-order valence-corrected chi connectivity index (χ4v) is 1.62. The Bertz CT molecular complexity index is 403. The molecule has 0 aliphatic carbocycles. The van der Waals surface area contributed by atoms with Crippen LogP contribution in [0, 0.1) is 0 Å². The topological polar surface area (TPSA) is 46.2 Å². The SMILES string of the molecule is C=C(CCO)CC(N)=C(C)C=C(C)C(C)=CC=S. The number of hydrogen-bond acceptors (Lipinski definition) is 3. The van der Waals surface area contributed by atoms with Gasteiger partial charge in [-0.25, -0.2) is 0 Å². The molecule has 0 heterocycles. The van der Waals surface area contributed by atoms with Gasteiger partial charge < -0.3 is 10.8 Å². The average Bonchev–Trinajstić information content (AvgIpc) is 2.29. The van der Waals surface area contributed by atoms with E-state index in [1.165, 1.54) is 0 Å². The normalized spacial score (nSPS) is 14.2. The van der Waals surface area contributed by atoms with Crippen LogP contribution in [-0.2, 0) is 0 Å². The Morgan fingerprint density at radius 1 is 1.28 bits per heavy atom. The molecule has 0 radical (unpaired) electrons. The number of aliphatic hydroxyl groups excluding tert-OH is 1. The summed E-state index contributed by atoms with van der Waals surface area (Å²) in [6.45, 7) is 10.0. The first-order chi connectivity index (χ1) is 8.42. The van der Waals surface area contributed by atoms with Crippen LogP contribution in [0.5, 0.6) is 0 Å². The zero-order valence-corrected chi connectivity index (χ0v) is 12.3. The average molecular weight is 265 g/mol. The Labute approximate surface area is 116 Å². The highest BCUT2D eigenvalue weighted by Crippen LogP contribution is 2.16. The maximum atomic E-state index is 8.81. The zero-order valence-electron chi connectivity index (χ0n) is 11.5. The van der Waals surface area contributed by atoms with Crippen molar-refractivity contribution in [2.45, 2.75) is 33.6 Å². The minimum Gasteiger partial charge on any atom is -0.402 e. The molecule has 2 nitrogen and oxygen atoms in total. The number of rotatable bonds is 7. The minimum atomic E-state index is 0.122. The van der Waals surface area contributed by atoms with E-state index in [-0.39, 0.29) is 6.61 Å². The highest BCUT2D eigenvalue weighted by molar-refractivity contribution is 7.79. The van der Waals surface area contributed by atoms with E-state index in [1.807, 2.05) is 32.9 Å². The lowest BCUT2D eigenvalue weighted by Gasteiger charge is -2.08. The molecule has 18 heavy (non-hydrogen) atoms. The van der Waals surface area contributed by atoms with E-state index >= 15 is 0 Å². The predicted molar refractivity (Wildman–Crippen MR) is 83.5 cm³/mol. The van der Waals surface area contributed by atoms with E-state index in [0.717, 1.165) is 28.0 Å². The van der Waals surface area contributed by atoms with Crippen LogP contribution in [0.3, 0.4) is 0 Å². The van der Waals surface area contributed by atoms with Crippen molar-refractivity contribution in [2.24, 2.45) is 5.73 Å². The van der Waals surface area contributed by atoms with Crippen molar-refractivity contribution in [1.29, 1.82) is 0 Å². The van der Waals surface area contributed by atoms with Crippen LogP contribution >= 0.6 is 12.2 Å². The molecule has 3 N–H and O–H groups in total. The lowest BCUT2D eigenvalue weighted by atomic mass is 10.0. The van der Waals surface area contributed by atoms with Crippen LogP contribution in [0.1, 0.15) is 33.6 Å². The standard InChI is InChI=1S/C15H23NOS/c1-11(5-7-17)9-15(16)14(4)10-13(3)12(2)6-8-18/h6,8,10,17H,1,5,7,9,16H2,2-4H3. The molecule has 0 unspecified atom stereocenters. The largest absolute Gasteiger partial charge is 0.402 e. The molecular formula is C15H23NOS. The number of thiocarbonyl (C=S) groups is 1. The second-order valence-electron chi connectivity index (χ2n) is 4.42. The first-order valence-electron chi connectivity index (χ1n) is 5.95. The summed E-state index contributed by atoms with van der Waals surface area (Å²) in [5.74, 6) is 0. The van der Waals surface area contributed by atoms with Crippen LogP contribution in [0.2, 0.25) is 0 Å². The summed E-state index contributed by atoms with van der Waals surface area (Å²) in [6, 6.07) is 0. The highest BCUT2D eigenvalue weighted by Gasteiger charge is 2.01. The molecule has 0 rings (SSSR count). The van der Waals surface area contributed by atoms with Gasteiger partial charge in [0.25, 0.3) is 0 Å². The Morgan fingerprint density at radius 2 is 1.89 bits per heavy atom. The zero-order chi connectivity index (χ0) is 14.1. The van der Waals surface area contributed by atoms with E-state index in [4.69, 9.17) is 23.1 Å². The van der Waals surface area contributed by atoms with Crippen LogP contribution in [-0.4, -0.2) is 17.1 Å². The molecule has 0 aromatic rings. The fourth-order valence-electron chi connectivity index (χ4n) is 1.42. The maximum Gasteiger partial charge on any atom is 0.0468 e. The number of allylic oxidation sites excluding steroid dienone is 6. The van der Waals surface area contributed by atoms with Crippen LogP contribution in [0.15, 0.2) is 46.7 Å². The fraction of sp³-hybridized carbons (Fsp3) is 0.400. The summed E-state index contributed by atoms with van der Waals surface area (Å²) >= 11 is 4.80. The molecule has 3 heteroatoms. The summed E-state index contributed by atoms with van der Waals surface area (Å²) < 4.78 is 0. The highest BCUT2D eigenvalue weighted by atomic mass is 32.1. The van der Waals surface area contributed by atoms with Gasteiger partial charge in [-0.1, -0.05) is 30.4 Å². The smallest absolute Gasteiger partial charge is 0.0468 e. The van der Waals surface area contributed by atoms with Gasteiger partial charge in [0, 0.05) is 24.1 Å².